The molecule has 0 aliphatic carbocycles. The second-order valence-corrected chi connectivity index (χ2v) is 13.3. The second-order valence-electron chi connectivity index (χ2n) is 13.3. The Morgan fingerprint density at radius 3 is 2.09 bits per heavy atom. The summed E-state index contributed by atoms with van der Waals surface area (Å²) in [5.74, 6) is -0.210. The number of piperazine rings is 1. The standard InChI is InChI=1S/C35H49N5O5/c1-26(2)22-31-34(42)39-30(33(41)38(29-17-20-36(3)21-18-29)25-32(39)40(45-31)35(43)44)16-10-11-19-37(23-27-12-6-4-7-13-27)24-28-14-8-5-9-15-28/h4-9,12-15,26,29-32H,10-11,16-25H2,1-3H3,(H,43,44)/t30-,31+,32?/m0/s1. The fraction of sp³-hybridized carbons (Fsp3) is 0.571. The maximum Gasteiger partial charge on any atom is 0.433 e. The van der Waals surface area contributed by atoms with E-state index in [1.54, 1.807) is 4.90 Å². The van der Waals surface area contributed by atoms with Crippen LogP contribution in [0, 0.1) is 5.92 Å². The molecule has 5 rings (SSSR count). The Morgan fingerprint density at radius 1 is 0.933 bits per heavy atom. The topological polar surface area (TPSA) is 96.9 Å². The Kier molecular flexibility index (Phi) is 11.1. The van der Waals surface area contributed by atoms with Crippen LogP contribution in [0.1, 0.15) is 63.5 Å². The van der Waals surface area contributed by atoms with Crippen LogP contribution in [0.5, 0.6) is 0 Å². The smallest absolute Gasteiger partial charge is 0.433 e. The molecule has 1 unspecified atom stereocenters. The molecule has 3 heterocycles. The first-order valence-electron chi connectivity index (χ1n) is 16.5. The van der Waals surface area contributed by atoms with Crippen molar-refractivity contribution < 1.29 is 24.3 Å². The molecule has 3 fully saturated rings. The van der Waals surface area contributed by atoms with Gasteiger partial charge in [0.25, 0.3) is 5.91 Å². The zero-order chi connectivity index (χ0) is 31.9. The summed E-state index contributed by atoms with van der Waals surface area (Å²) in [4.78, 5) is 54.5. The lowest BCUT2D eigenvalue weighted by molar-refractivity contribution is -0.268. The number of benzene rings is 2. The number of unbranched alkanes of at least 4 members (excludes halogenated alkanes) is 1. The van der Waals surface area contributed by atoms with Crippen LogP contribution >= 0.6 is 0 Å². The van der Waals surface area contributed by atoms with E-state index in [0.717, 1.165) is 63.5 Å². The molecule has 0 radical (unpaired) electrons. The minimum Gasteiger partial charge on any atom is -0.463 e. The van der Waals surface area contributed by atoms with E-state index < -0.39 is 24.4 Å². The minimum atomic E-state index is -1.24. The van der Waals surface area contributed by atoms with Crippen molar-refractivity contribution in [2.45, 2.75) is 89.8 Å². The number of carbonyl (C=O) groups is 3. The van der Waals surface area contributed by atoms with Crippen LogP contribution in [0.3, 0.4) is 0 Å². The average molecular weight is 620 g/mol. The van der Waals surface area contributed by atoms with Crippen LogP contribution in [0.4, 0.5) is 4.79 Å². The highest BCUT2D eigenvalue weighted by atomic mass is 16.7. The van der Waals surface area contributed by atoms with Crippen molar-refractivity contribution in [1.29, 1.82) is 0 Å². The zero-order valence-corrected chi connectivity index (χ0v) is 27.0. The molecule has 1 N–H and O–H groups in total. The molecule has 2 aromatic rings. The maximum atomic E-state index is 14.2. The summed E-state index contributed by atoms with van der Waals surface area (Å²) in [6, 6.07) is 20.2. The third kappa shape index (κ3) is 8.23. The number of amides is 3. The number of hydroxylamine groups is 2. The van der Waals surface area contributed by atoms with E-state index in [-0.39, 0.29) is 30.3 Å². The Bertz CT molecular complexity index is 1230. The average Bonchev–Trinajstić information content (AvgIpc) is 3.02. The molecule has 3 aliphatic rings. The van der Waals surface area contributed by atoms with Gasteiger partial charge in [0.2, 0.25) is 5.91 Å². The molecule has 10 nitrogen and oxygen atoms in total. The van der Waals surface area contributed by atoms with Gasteiger partial charge in [0.1, 0.15) is 6.04 Å². The molecule has 45 heavy (non-hydrogen) atoms. The van der Waals surface area contributed by atoms with Crippen molar-refractivity contribution in [2.24, 2.45) is 5.92 Å². The van der Waals surface area contributed by atoms with Gasteiger partial charge in [-0.15, -0.1) is 0 Å². The molecular formula is C35H49N5O5. The Morgan fingerprint density at radius 2 is 1.53 bits per heavy atom. The molecule has 3 atom stereocenters. The predicted molar refractivity (Wildman–Crippen MR) is 172 cm³/mol. The van der Waals surface area contributed by atoms with E-state index in [1.807, 2.05) is 30.9 Å². The third-order valence-electron chi connectivity index (χ3n) is 9.33. The van der Waals surface area contributed by atoms with Crippen molar-refractivity contribution in [3.63, 3.8) is 0 Å². The molecule has 3 aliphatic heterocycles. The largest absolute Gasteiger partial charge is 0.463 e. The normalized spacial score (nSPS) is 23.2. The highest BCUT2D eigenvalue weighted by molar-refractivity contribution is 5.92. The predicted octanol–water partition coefficient (Wildman–Crippen LogP) is 4.66. The van der Waals surface area contributed by atoms with Gasteiger partial charge in [-0.25, -0.2) is 4.79 Å². The third-order valence-corrected chi connectivity index (χ3v) is 9.33. The van der Waals surface area contributed by atoms with Gasteiger partial charge in [-0.1, -0.05) is 74.5 Å². The summed E-state index contributed by atoms with van der Waals surface area (Å²) >= 11 is 0. The van der Waals surface area contributed by atoms with Gasteiger partial charge in [-0.3, -0.25) is 19.3 Å². The summed E-state index contributed by atoms with van der Waals surface area (Å²) in [7, 11) is 2.08. The van der Waals surface area contributed by atoms with E-state index in [4.69, 9.17) is 4.84 Å². The van der Waals surface area contributed by atoms with Crippen molar-refractivity contribution in [3.05, 3.63) is 71.8 Å². The number of carboxylic acid groups (broad SMARTS) is 1. The number of hydrogen-bond donors (Lipinski definition) is 1. The van der Waals surface area contributed by atoms with Gasteiger partial charge < -0.3 is 19.8 Å². The molecule has 0 spiro atoms. The van der Waals surface area contributed by atoms with E-state index in [9.17, 15) is 19.5 Å². The lowest BCUT2D eigenvalue weighted by Crippen LogP contribution is -2.74. The van der Waals surface area contributed by atoms with Crippen LogP contribution in [-0.2, 0) is 27.5 Å². The first-order valence-corrected chi connectivity index (χ1v) is 16.5. The lowest BCUT2D eigenvalue weighted by atomic mass is 9.95. The number of likely N-dealkylation sites (tertiary alicyclic amines) is 1. The zero-order valence-electron chi connectivity index (χ0n) is 27.0. The molecule has 10 heteroatoms. The number of nitrogens with zero attached hydrogens (tertiary/aromatic N) is 5. The molecule has 3 amide bonds. The van der Waals surface area contributed by atoms with E-state index in [0.29, 0.717) is 12.8 Å². The first kappa shape index (κ1) is 32.9. The molecule has 0 saturated carbocycles. The van der Waals surface area contributed by atoms with Crippen molar-refractivity contribution in [2.75, 3.05) is 33.2 Å². The van der Waals surface area contributed by atoms with Crippen molar-refractivity contribution in [1.82, 2.24) is 24.7 Å². The van der Waals surface area contributed by atoms with Crippen LogP contribution in [0.2, 0.25) is 0 Å². The van der Waals surface area contributed by atoms with Gasteiger partial charge in [0, 0.05) is 19.1 Å². The Balaban J connectivity index is 1.33. The summed E-state index contributed by atoms with van der Waals surface area (Å²) in [5.41, 5.74) is 2.49. The first-order chi connectivity index (χ1) is 21.7. The monoisotopic (exact) mass is 619 g/mol. The lowest BCUT2D eigenvalue weighted by Gasteiger charge is -2.54. The fourth-order valence-corrected chi connectivity index (χ4v) is 6.99. The summed E-state index contributed by atoms with van der Waals surface area (Å²) in [5, 5.41) is 11.1. The number of piperidine rings is 1. The Hall–Kier alpha value is -3.47. The number of hydrogen-bond acceptors (Lipinski definition) is 6. The summed E-state index contributed by atoms with van der Waals surface area (Å²) in [6.07, 6.45) is 1.09. The van der Waals surface area contributed by atoms with E-state index in [1.165, 1.54) is 11.1 Å². The maximum absolute atomic E-state index is 14.2. The number of fused-ring (bicyclic) bond motifs is 1. The minimum absolute atomic E-state index is 0.0183. The quantitative estimate of drug-likeness (QED) is 0.345. The van der Waals surface area contributed by atoms with Crippen LogP contribution < -0.4 is 0 Å². The van der Waals surface area contributed by atoms with Crippen LogP contribution in [0.15, 0.2) is 60.7 Å². The van der Waals surface area contributed by atoms with E-state index in [2.05, 4.69) is 65.4 Å². The van der Waals surface area contributed by atoms with Crippen LogP contribution in [0.25, 0.3) is 0 Å². The SMILES string of the molecule is CC(C)C[C@H]1ON(C(=O)O)C2CN(C3CCN(C)CC3)C(=O)[C@H](CCCCN(Cc3ccccc3)Cc3ccccc3)N2C1=O. The molecular weight excluding hydrogens is 570 g/mol. The van der Waals surface area contributed by atoms with Crippen molar-refractivity contribution in [3.8, 4) is 0 Å². The van der Waals surface area contributed by atoms with Crippen molar-refractivity contribution >= 4 is 17.9 Å². The number of rotatable bonds is 12. The second kappa shape index (κ2) is 15.2. The van der Waals surface area contributed by atoms with Gasteiger partial charge in [-0.2, -0.15) is 5.06 Å². The van der Waals surface area contributed by atoms with E-state index >= 15 is 0 Å². The highest BCUT2D eigenvalue weighted by Crippen LogP contribution is 2.33. The molecule has 3 saturated heterocycles. The van der Waals surface area contributed by atoms with Gasteiger partial charge in [0.05, 0.1) is 6.54 Å². The molecule has 0 bridgehead atoms. The van der Waals surface area contributed by atoms with Gasteiger partial charge in [-0.05, 0) is 82.3 Å². The van der Waals surface area contributed by atoms with Gasteiger partial charge >= 0.3 is 6.09 Å². The molecule has 244 valence electrons. The molecule has 2 aromatic carbocycles. The summed E-state index contributed by atoms with van der Waals surface area (Å²) in [6.45, 7) is 8.31. The highest BCUT2D eigenvalue weighted by Gasteiger charge is 2.53. The fourth-order valence-electron chi connectivity index (χ4n) is 6.99. The molecule has 0 aromatic heterocycles. The Labute approximate surface area is 267 Å². The van der Waals surface area contributed by atoms with Gasteiger partial charge in [0.15, 0.2) is 12.3 Å². The number of carbonyl (C=O) groups excluding carboxylic acids is 2. The van der Waals surface area contributed by atoms with Crippen LogP contribution in [-0.4, -0.2) is 105 Å². The summed E-state index contributed by atoms with van der Waals surface area (Å²) < 4.78 is 0.